The van der Waals surface area contributed by atoms with Gasteiger partial charge < -0.3 is 6.16 Å². The molecule has 0 aliphatic heterocycles. The van der Waals surface area contributed by atoms with Crippen LogP contribution in [0, 0.1) is 0 Å². The van der Waals surface area contributed by atoms with E-state index in [1.54, 1.807) is 0 Å². The van der Waals surface area contributed by atoms with Gasteiger partial charge in [0.1, 0.15) is 5.75 Å². The number of rotatable bonds is 2. The van der Waals surface area contributed by atoms with Gasteiger partial charge in [0.05, 0.1) is 0 Å². The zero-order valence-electron chi connectivity index (χ0n) is 10.4. The van der Waals surface area contributed by atoms with Crippen molar-refractivity contribution in [1.82, 2.24) is 4.72 Å². The first kappa shape index (κ1) is 18.1. The van der Waals surface area contributed by atoms with E-state index in [1.165, 1.54) is 24.3 Å². The maximum absolute atomic E-state index is 11.9. The van der Waals surface area contributed by atoms with Gasteiger partial charge in [-0.05, 0) is 24.3 Å². The first-order valence-electron chi connectivity index (χ1n) is 4.18. The summed E-state index contributed by atoms with van der Waals surface area (Å²) in [5.74, 6) is -0.158. The van der Waals surface area contributed by atoms with Gasteiger partial charge in [-0.3, -0.25) is 0 Å². The zero-order chi connectivity index (χ0) is 14.0. The number of sulfonamides is 1. The maximum Gasteiger partial charge on any atom is 1.00 e. The molecule has 0 heterocycles. The molecule has 1 aromatic rings. The molecule has 1 N–H and O–H groups in total. The Kier molecular flexibility index (Phi) is 6.22. The topological polar surface area (TPSA) is 72.5 Å². The van der Waals surface area contributed by atoms with E-state index in [0.29, 0.717) is 9.74 Å². The van der Waals surface area contributed by atoms with E-state index in [1.807, 2.05) is 0 Å². The van der Waals surface area contributed by atoms with Crippen molar-refractivity contribution in [3.05, 3.63) is 29.3 Å². The summed E-state index contributed by atoms with van der Waals surface area (Å²) in [5, 5.41) is 0.311. The predicted octanol–water partition coefficient (Wildman–Crippen LogP) is -0.606. The van der Waals surface area contributed by atoms with Crippen LogP contribution in [0.15, 0.2) is 24.3 Å². The van der Waals surface area contributed by atoms with Crippen LogP contribution in [0.25, 0.3) is 0 Å². The summed E-state index contributed by atoms with van der Waals surface area (Å²) in [4.78, 5) is 10.9. The summed E-state index contributed by atoms with van der Waals surface area (Å²) in [5.41, 5.74) is -5.59. The van der Waals surface area contributed by atoms with Gasteiger partial charge in [-0.2, -0.15) is 21.6 Å². The second kappa shape index (κ2) is 6.52. The molecule has 0 atom stereocenters. The van der Waals surface area contributed by atoms with Crippen LogP contribution in [0.4, 0.5) is 18.0 Å². The number of halogens is 4. The van der Waals surface area contributed by atoms with Crippen LogP contribution < -0.4 is 28.3 Å². The number of ether oxygens (including phenoxy) is 1. The third-order valence-corrected chi connectivity index (χ3v) is 2.84. The van der Waals surface area contributed by atoms with Gasteiger partial charge in [-0.25, -0.2) is 9.52 Å². The third kappa shape index (κ3) is 5.32. The average molecular weight is 312 g/mol. The Hall–Kier alpha value is -0.883. The van der Waals surface area contributed by atoms with Gasteiger partial charge in [0.2, 0.25) is 0 Å². The Balaban J connectivity index is 0. The van der Waals surface area contributed by atoms with E-state index in [9.17, 15) is 26.4 Å². The quantitative estimate of drug-likeness (QED) is 0.740. The molecule has 1 aromatic carbocycles. The monoisotopic (exact) mass is 311 g/mol. The second-order valence-corrected chi connectivity index (χ2v) is 5.01. The van der Waals surface area contributed by atoms with Crippen LogP contribution in [0.5, 0.6) is 5.75 Å². The number of hydrogen-bond donors (Lipinski definition) is 1. The van der Waals surface area contributed by atoms with Gasteiger partial charge in [0, 0.05) is 5.02 Å². The number of amides is 1. The Bertz CT molecular complexity index is 552. The molecule has 102 valence electrons. The second-order valence-electron chi connectivity index (χ2n) is 2.89. The minimum atomic E-state index is -5.78. The Morgan fingerprint density at radius 2 is 1.74 bits per heavy atom. The van der Waals surface area contributed by atoms with Crippen molar-refractivity contribution in [2.45, 2.75) is 5.51 Å². The number of carbonyl (C=O) groups is 1. The smallest absolute Gasteiger partial charge is 1.00 e. The molecule has 0 spiro atoms. The minimum absolute atomic E-state index is 0. The molecule has 0 bridgehead atoms. The molecule has 1 rings (SSSR count). The molecule has 0 saturated carbocycles. The first-order chi connectivity index (χ1) is 8.12. The van der Waals surface area contributed by atoms with Crippen LogP contribution in [-0.4, -0.2) is 20.0 Å². The fourth-order valence-electron chi connectivity index (χ4n) is 0.798. The number of carbonyl (C=O) groups excluding carboxylic acids is 1. The summed E-state index contributed by atoms with van der Waals surface area (Å²) in [7, 11) is -5.78. The van der Waals surface area contributed by atoms with Gasteiger partial charge in [-0.1, -0.05) is 11.6 Å². The minimum Gasteiger partial charge on any atom is -1.00 e. The van der Waals surface area contributed by atoms with E-state index in [0.717, 1.165) is 0 Å². The predicted molar refractivity (Wildman–Crippen MR) is 56.7 cm³/mol. The van der Waals surface area contributed by atoms with Crippen molar-refractivity contribution in [2.24, 2.45) is 0 Å². The van der Waals surface area contributed by atoms with E-state index < -0.39 is 21.6 Å². The molecule has 0 aliphatic rings. The summed E-state index contributed by atoms with van der Waals surface area (Å²) in [6, 6.07) is 4.98. The van der Waals surface area contributed by atoms with E-state index in [4.69, 9.17) is 11.6 Å². The molecule has 0 aromatic heterocycles. The molecular formula is C8H6ClF3LiNO4S. The third-order valence-electron chi connectivity index (χ3n) is 1.55. The molecular weight excluding hydrogens is 306 g/mol. The van der Waals surface area contributed by atoms with Crippen LogP contribution in [0.2, 0.25) is 5.02 Å². The number of nitrogens with one attached hydrogen (secondary N) is 1. The average Bonchev–Trinajstić information content (AvgIpc) is 2.19. The number of hydrogen-bond acceptors (Lipinski definition) is 4. The molecule has 0 saturated heterocycles. The van der Waals surface area contributed by atoms with Gasteiger partial charge in [0.25, 0.3) is 0 Å². The van der Waals surface area contributed by atoms with E-state index >= 15 is 0 Å². The summed E-state index contributed by atoms with van der Waals surface area (Å²) < 4.78 is 61.9. The first-order valence-corrected chi connectivity index (χ1v) is 6.04. The van der Waals surface area contributed by atoms with E-state index in [2.05, 4.69) is 4.74 Å². The summed E-state index contributed by atoms with van der Waals surface area (Å²) in [6.07, 6.45) is -1.77. The molecule has 0 radical (unpaired) electrons. The van der Waals surface area contributed by atoms with Crippen molar-refractivity contribution in [2.75, 3.05) is 0 Å². The standard InChI is InChI=1S/C8H5ClF3NO4S.Li.H/c9-5-1-3-6(4-2-5)17-7(14)13-18(15,16)8(10,11)12;;/h1-4H,(H,13,14);;/q;+1;-1. The fourth-order valence-corrected chi connectivity index (χ4v) is 1.30. The van der Waals surface area contributed by atoms with Crippen molar-refractivity contribution >= 4 is 27.7 Å². The molecule has 0 fully saturated rings. The SMILES string of the molecule is O=C(NS(=O)(=O)C(F)(F)F)Oc1ccc(Cl)cc1.[H-].[Li+]. The fraction of sp³-hybridized carbons (Fsp3) is 0.125. The van der Waals surface area contributed by atoms with Crippen molar-refractivity contribution in [3.63, 3.8) is 0 Å². The molecule has 0 aliphatic carbocycles. The Morgan fingerprint density at radius 3 is 2.16 bits per heavy atom. The Morgan fingerprint density at radius 1 is 1.26 bits per heavy atom. The number of benzene rings is 1. The van der Waals surface area contributed by atoms with Crippen molar-refractivity contribution < 1.29 is 51.4 Å². The van der Waals surface area contributed by atoms with Crippen LogP contribution in [0.3, 0.4) is 0 Å². The van der Waals surface area contributed by atoms with Crippen molar-refractivity contribution in [1.29, 1.82) is 0 Å². The van der Waals surface area contributed by atoms with E-state index in [-0.39, 0.29) is 26.0 Å². The zero-order valence-corrected chi connectivity index (χ0v) is 10.9. The van der Waals surface area contributed by atoms with Crippen LogP contribution >= 0.6 is 11.6 Å². The summed E-state index contributed by atoms with van der Waals surface area (Å²) >= 11 is 5.51. The van der Waals surface area contributed by atoms with Crippen molar-refractivity contribution in [3.8, 4) is 5.75 Å². The summed E-state index contributed by atoms with van der Waals surface area (Å²) in [6.45, 7) is 0. The van der Waals surface area contributed by atoms with Gasteiger partial charge >= 0.3 is 40.5 Å². The largest absolute Gasteiger partial charge is 1.00 e. The molecule has 5 nitrogen and oxygen atoms in total. The molecule has 19 heavy (non-hydrogen) atoms. The molecule has 1 amide bonds. The normalized spacial score (nSPS) is 11.4. The van der Waals surface area contributed by atoms with Crippen LogP contribution in [0.1, 0.15) is 1.43 Å². The maximum atomic E-state index is 11.9. The van der Waals surface area contributed by atoms with Gasteiger partial charge in [0.15, 0.2) is 0 Å². The Labute approximate surface area is 124 Å². The van der Waals surface area contributed by atoms with Gasteiger partial charge in [-0.15, -0.1) is 0 Å². The van der Waals surface area contributed by atoms with Crippen LogP contribution in [-0.2, 0) is 10.0 Å². The number of alkyl halides is 3. The molecule has 11 heteroatoms. The molecule has 0 unspecified atom stereocenters.